The lowest BCUT2D eigenvalue weighted by atomic mass is 10.1. The Kier molecular flexibility index (Phi) is 10.6. The summed E-state index contributed by atoms with van der Waals surface area (Å²) in [6.45, 7) is 6.91. The second-order valence-electron chi connectivity index (χ2n) is 6.11. The number of halogens is 3. The van der Waals surface area contributed by atoms with Crippen molar-refractivity contribution in [3.63, 3.8) is 0 Å². The number of amides is 1. The minimum Gasteiger partial charge on any atom is -0.357 e. The molecule has 1 aromatic rings. The van der Waals surface area contributed by atoms with Crippen molar-refractivity contribution < 1.29 is 4.79 Å². The number of guanidine groups is 1. The highest BCUT2D eigenvalue weighted by Gasteiger charge is 2.25. The van der Waals surface area contributed by atoms with Crippen molar-refractivity contribution in [3.8, 4) is 0 Å². The molecule has 0 radical (unpaired) electrons. The summed E-state index contributed by atoms with van der Waals surface area (Å²) in [5.74, 6) is 0.996. The number of carbonyl (C=O) groups is 1. The van der Waals surface area contributed by atoms with Crippen LogP contribution in [0.4, 0.5) is 0 Å². The quantitative estimate of drug-likeness (QED) is 0.347. The monoisotopic (exact) mass is 512 g/mol. The minimum atomic E-state index is 0. The van der Waals surface area contributed by atoms with Crippen LogP contribution in [0.25, 0.3) is 0 Å². The standard InChI is InChI=1S/C18H26Cl2N4O.HI/c1-3-17(25)24-8-6-16(12-24)23-18(21-4-2)22-7-5-13-9-14(19)11-15(20)10-13;/h9-11,16H,3-8,12H2,1-2H3,(H2,21,22,23);1H. The smallest absolute Gasteiger partial charge is 0.222 e. The van der Waals surface area contributed by atoms with Crippen LogP contribution in [0.5, 0.6) is 0 Å². The highest BCUT2D eigenvalue weighted by Crippen LogP contribution is 2.19. The van der Waals surface area contributed by atoms with Gasteiger partial charge in [0.15, 0.2) is 5.96 Å². The van der Waals surface area contributed by atoms with Gasteiger partial charge >= 0.3 is 0 Å². The zero-order valence-corrected chi connectivity index (χ0v) is 19.1. The Balaban J connectivity index is 0.00000338. The van der Waals surface area contributed by atoms with E-state index in [9.17, 15) is 4.79 Å². The van der Waals surface area contributed by atoms with Gasteiger partial charge in [0.25, 0.3) is 0 Å². The fourth-order valence-electron chi connectivity index (χ4n) is 2.89. The number of hydrogen-bond acceptors (Lipinski definition) is 2. The molecule has 0 spiro atoms. The normalized spacial score (nSPS) is 17.0. The highest BCUT2D eigenvalue weighted by atomic mass is 127. The number of hydrogen-bond donors (Lipinski definition) is 2. The van der Waals surface area contributed by atoms with Gasteiger partial charge < -0.3 is 15.5 Å². The summed E-state index contributed by atoms with van der Waals surface area (Å²) in [7, 11) is 0. The van der Waals surface area contributed by atoms with Gasteiger partial charge in [-0.05, 0) is 43.5 Å². The van der Waals surface area contributed by atoms with E-state index >= 15 is 0 Å². The van der Waals surface area contributed by atoms with E-state index in [1.165, 1.54) is 0 Å². The lowest BCUT2D eigenvalue weighted by Crippen LogP contribution is -2.45. The molecule has 26 heavy (non-hydrogen) atoms. The van der Waals surface area contributed by atoms with E-state index in [0.29, 0.717) is 23.0 Å². The summed E-state index contributed by atoms with van der Waals surface area (Å²) in [6.07, 6.45) is 2.27. The summed E-state index contributed by atoms with van der Waals surface area (Å²) in [5, 5.41) is 7.97. The first kappa shape index (κ1) is 23.3. The lowest BCUT2D eigenvalue weighted by molar-refractivity contribution is -0.129. The zero-order valence-electron chi connectivity index (χ0n) is 15.2. The SMILES string of the molecule is CCNC(=NCCc1cc(Cl)cc(Cl)c1)NC1CCN(C(=O)CC)C1.I. The molecule has 0 bridgehead atoms. The zero-order chi connectivity index (χ0) is 18.2. The molecule has 2 N–H and O–H groups in total. The Bertz CT molecular complexity index is 607. The average Bonchev–Trinajstić information content (AvgIpc) is 3.02. The Morgan fingerprint density at radius 3 is 2.58 bits per heavy atom. The minimum absolute atomic E-state index is 0. The maximum atomic E-state index is 11.8. The van der Waals surface area contributed by atoms with E-state index in [-0.39, 0.29) is 35.9 Å². The summed E-state index contributed by atoms with van der Waals surface area (Å²) >= 11 is 12.1. The molecule has 0 saturated carbocycles. The summed E-state index contributed by atoms with van der Waals surface area (Å²) < 4.78 is 0. The summed E-state index contributed by atoms with van der Waals surface area (Å²) in [6, 6.07) is 5.79. The molecule has 1 aliphatic heterocycles. The van der Waals surface area contributed by atoms with Crippen molar-refractivity contribution in [2.45, 2.75) is 39.2 Å². The molecule has 0 aromatic heterocycles. The van der Waals surface area contributed by atoms with Crippen LogP contribution in [-0.4, -0.2) is 49.0 Å². The summed E-state index contributed by atoms with van der Waals surface area (Å²) in [5.41, 5.74) is 1.07. The largest absolute Gasteiger partial charge is 0.357 e. The molecule has 0 aliphatic carbocycles. The van der Waals surface area contributed by atoms with Gasteiger partial charge in [0.1, 0.15) is 0 Å². The molecule has 1 amide bonds. The number of carbonyl (C=O) groups excluding carboxylic acids is 1. The topological polar surface area (TPSA) is 56.7 Å². The predicted molar refractivity (Wildman–Crippen MR) is 120 cm³/mol. The van der Waals surface area contributed by atoms with E-state index in [1.807, 2.05) is 30.9 Å². The third-order valence-corrected chi connectivity index (χ3v) is 4.56. The fraction of sp³-hybridized carbons (Fsp3) is 0.556. The van der Waals surface area contributed by atoms with Crippen molar-refractivity contribution in [1.29, 1.82) is 0 Å². The first-order chi connectivity index (χ1) is 12.0. The number of nitrogens with one attached hydrogen (secondary N) is 2. The lowest BCUT2D eigenvalue weighted by Gasteiger charge is -2.18. The first-order valence-corrected chi connectivity index (χ1v) is 9.55. The number of nitrogens with zero attached hydrogens (tertiary/aromatic N) is 2. The Morgan fingerprint density at radius 2 is 1.96 bits per heavy atom. The molecule has 1 atom stereocenters. The Morgan fingerprint density at radius 1 is 1.27 bits per heavy atom. The van der Waals surface area contributed by atoms with Crippen LogP contribution >= 0.6 is 47.2 Å². The average molecular weight is 513 g/mol. The molecular formula is C18H27Cl2IN4O. The van der Waals surface area contributed by atoms with Gasteiger partial charge in [0, 0.05) is 48.7 Å². The first-order valence-electron chi connectivity index (χ1n) is 8.79. The van der Waals surface area contributed by atoms with Gasteiger partial charge in [0.05, 0.1) is 0 Å². The van der Waals surface area contributed by atoms with E-state index in [1.54, 1.807) is 6.07 Å². The van der Waals surface area contributed by atoms with E-state index in [4.69, 9.17) is 23.2 Å². The van der Waals surface area contributed by atoms with Gasteiger partial charge in [0.2, 0.25) is 5.91 Å². The maximum absolute atomic E-state index is 11.8. The Labute approximate surface area is 182 Å². The van der Waals surface area contributed by atoms with Crippen LogP contribution in [0, 0.1) is 0 Å². The van der Waals surface area contributed by atoms with Crippen LogP contribution in [-0.2, 0) is 11.2 Å². The molecule has 5 nitrogen and oxygen atoms in total. The number of likely N-dealkylation sites (tertiary alicyclic amines) is 1. The van der Waals surface area contributed by atoms with Gasteiger partial charge in [-0.25, -0.2) is 0 Å². The predicted octanol–water partition coefficient (Wildman–Crippen LogP) is 3.72. The number of benzene rings is 1. The molecule has 1 aliphatic rings. The second kappa shape index (κ2) is 11.9. The molecule has 1 fully saturated rings. The summed E-state index contributed by atoms with van der Waals surface area (Å²) in [4.78, 5) is 18.3. The van der Waals surface area contributed by atoms with E-state index in [0.717, 1.165) is 44.0 Å². The molecule has 1 heterocycles. The third-order valence-electron chi connectivity index (χ3n) is 4.12. The van der Waals surface area contributed by atoms with Crippen LogP contribution in [0.1, 0.15) is 32.3 Å². The Hall–Kier alpha value is -0.730. The van der Waals surface area contributed by atoms with Gasteiger partial charge in [-0.1, -0.05) is 30.1 Å². The van der Waals surface area contributed by atoms with Crippen molar-refractivity contribution in [3.05, 3.63) is 33.8 Å². The highest BCUT2D eigenvalue weighted by molar-refractivity contribution is 14.0. The molecule has 1 unspecified atom stereocenters. The van der Waals surface area contributed by atoms with Gasteiger partial charge in [-0.2, -0.15) is 0 Å². The van der Waals surface area contributed by atoms with Gasteiger partial charge in [-0.15, -0.1) is 24.0 Å². The number of rotatable bonds is 6. The van der Waals surface area contributed by atoms with Crippen LogP contribution in [0.15, 0.2) is 23.2 Å². The second-order valence-corrected chi connectivity index (χ2v) is 6.98. The molecule has 2 rings (SSSR count). The maximum Gasteiger partial charge on any atom is 0.222 e. The van der Waals surface area contributed by atoms with E-state index < -0.39 is 0 Å². The molecule has 146 valence electrons. The van der Waals surface area contributed by atoms with Crippen molar-refractivity contribution >= 4 is 59.0 Å². The molecular weight excluding hydrogens is 486 g/mol. The molecule has 1 saturated heterocycles. The third kappa shape index (κ3) is 7.48. The van der Waals surface area contributed by atoms with Crippen molar-refractivity contribution in [1.82, 2.24) is 15.5 Å². The van der Waals surface area contributed by atoms with Crippen LogP contribution in [0.3, 0.4) is 0 Å². The van der Waals surface area contributed by atoms with Gasteiger partial charge in [-0.3, -0.25) is 9.79 Å². The fourth-order valence-corrected chi connectivity index (χ4v) is 3.46. The van der Waals surface area contributed by atoms with Crippen LogP contribution < -0.4 is 10.6 Å². The molecule has 8 heteroatoms. The van der Waals surface area contributed by atoms with Crippen molar-refractivity contribution in [2.75, 3.05) is 26.2 Å². The van der Waals surface area contributed by atoms with Crippen LogP contribution in [0.2, 0.25) is 10.0 Å². The van der Waals surface area contributed by atoms with Crippen molar-refractivity contribution in [2.24, 2.45) is 4.99 Å². The van der Waals surface area contributed by atoms with E-state index in [2.05, 4.69) is 15.6 Å². The number of aliphatic imine (C=N–C) groups is 1. The molecule has 1 aromatic carbocycles.